The minimum Gasteiger partial charge on any atom is -0.389 e. The fourth-order valence-electron chi connectivity index (χ4n) is 4.82. The molecule has 2 saturated heterocycles. The van der Waals surface area contributed by atoms with Gasteiger partial charge >= 0.3 is 0 Å². The summed E-state index contributed by atoms with van der Waals surface area (Å²) in [4.78, 5) is 12.8. The number of rotatable bonds is 6. The van der Waals surface area contributed by atoms with Gasteiger partial charge in [-0.3, -0.25) is 4.90 Å². The molecule has 1 unspecified atom stereocenters. The molecule has 1 saturated carbocycles. The molecule has 6 rings (SSSR count). The van der Waals surface area contributed by atoms with Crippen molar-refractivity contribution in [3.05, 3.63) is 35.4 Å². The van der Waals surface area contributed by atoms with E-state index in [0.29, 0.717) is 62.1 Å². The van der Waals surface area contributed by atoms with Crippen LogP contribution in [0.2, 0.25) is 0 Å². The maximum Gasteiger partial charge on any atom is 0.247 e. The van der Waals surface area contributed by atoms with Crippen molar-refractivity contribution in [1.82, 2.24) is 24.5 Å². The molecular formula is C24H25FN10O2. The lowest BCUT2D eigenvalue weighted by molar-refractivity contribution is 0.0784. The fourth-order valence-corrected chi connectivity index (χ4v) is 4.82. The zero-order chi connectivity index (χ0) is 25.5. The van der Waals surface area contributed by atoms with Gasteiger partial charge in [0.05, 0.1) is 54.6 Å². The first-order chi connectivity index (χ1) is 18.0. The quantitative estimate of drug-likeness (QED) is 0.444. The van der Waals surface area contributed by atoms with Crippen LogP contribution < -0.4 is 15.5 Å². The number of nitriles is 2. The smallest absolute Gasteiger partial charge is 0.247 e. The number of halogens is 1. The number of fused-ring (bicyclic) bond motifs is 1. The van der Waals surface area contributed by atoms with Gasteiger partial charge in [-0.1, -0.05) is 0 Å². The summed E-state index contributed by atoms with van der Waals surface area (Å²) in [6, 6.07) is 7.33. The summed E-state index contributed by atoms with van der Waals surface area (Å²) in [6.07, 6.45) is 2.91. The molecule has 0 spiro atoms. The molecule has 1 aliphatic carbocycles. The van der Waals surface area contributed by atoms with Crippen molar-refractivity contribution in [3.8, 4) is 12.1 Å². The minimum absolute atomic E-state index is 0.0540. The Balaban J connectivity index is 1.28. The minimum atomic E-state index is -0.525. The molecular weight excluding hydrogens is 479 g/mol. The highest BCUT2D eigenvalue weighted by molar-refractivity contribution is 5.70. The van der Waals surface area contributed by atoms with E-state index >= 15 is 4.39 Å². The van der Waals surface area contributed by atoms with Crippen molar-refractivity contribution in [2.45, 2.75) is 31.0 Å². The molecule has 13 heteroatoms. The van der Waals surface area contributed by atoms with Gasteiger partial charge in [0.25, 0.3) is 0 Å². The average Bonchev–Trinajstić information content (AvgIpc) is 3.46. The number of anilines is 4. The molecule has 2 aromatic heterocycles. The first-order valence-corrected chi connectivity index (χ1v) is 12.2. The third-order valence-corrected chi connectivity index (χ3v) is 6.97. The summed E-state index contributed by atoms with van der Waals surface area (Å²) >= 11 is 0. The molecule has 0 radical (unpaired) electrons. The van der Waals surface area contributed by atoms with E-state index in [1.165, 1.54) is 22.8 Å². The van der Waals surface area contributed by atoms with Gasteiger partial charge in [-0.15, -0.1) is 5.10 Å². The number of aliphatic hydroxyl groups is 1. The van der Waals surface area contributed by atoms with Crippen LogP contribution in [0.4, 0.5) is 27.5 Å². The topological polar surface area (TPSA) is 151 Å². The van der Waals surface area contributed by atoms with Crippen LogP contribution in [-0.2, 0) is 4.74 Å². The van der Waals surface area contributed by atoms with Gasteiger partial charge in [-0.25, -0.2) is 9.37 Å². The van der Waals surface area contributed by atoms with E-state index in [-0.39, 0.29) is 29.4 Å². The summed E-state index contributed by atoms with van der Waals surface area (Å²) in [5.74, 6) is 0.00104. The van der Waals surface area contributed by atoms with E-state index in [1.807, 2.05) is 11.0 Å². The SMILES string of the molecule is N#Cc1cc(Nc2nc(NC3CC3)c3ncc(C#N)n3n2)c(F)c(N2CCN(C3COC[C@@H]3O)CC2)c1. The summed E-state index contributed by atoms with van der Waals surface area (Å²) in [7, 11) is 0. The predicted octanol–water partition coefficient (Wildman–Crippen LogP) is 1.21. The molecule has 1 aromatic carbocycles. The number of nitrogens with one attached hydrogen (secondary N) is 2. The lowest BCUT2D eigenvalue weighted by Crippen LogP contribution is -2.53. The number of ether oxygens (including phenoxy) is 1. The monoisotopic (exact) mass is 504 g/mol. The lowest BCUT2D eigenvalue weighted by atomic mass is 10.1. The van der Waals surface area contributed by atoms with Crippen LogP contribution in [0.15, 0.2) is 18.3 Å². The van der Waals surface area contributed by atoms with Crippen LogP contribution in [-0.4, -0.2) is 87.2 Å². The Morgan fingerprint density at radius 3 is 2.59 bits per heavy atom. The van der Waals surface area contributed by atoms with Crippen molar-refractivity contribution >= 4 is 28.8 Å². The Labute approximate surface area is 211 Å². The van der Waals surface area contributed by atoms with Crippen LogP contribution >= 0.6 is 0 Å². The molecule has 0 amide bonds. The standard InChI is InChI=1S/C24H25FN10O2/c25-21-17(30-24-31-22(29-15-1-2-15)23-28-11-16(10-27)35(23)32-24)7-14(9-26)8-18(21)33-3-5-34(6-4-33)19-12-37-13-20(19)36/h7-8,11,15,19-20,36H,1-6,12-13H2,(H2,29,30,31,32)/t19?,20-/m0/s1. The summed E-state index contributed by atoms with van der Waals surface area (Å²) in [5.41, 5.74) is 1.30. The van der Waals surface area contributed by atoms with E-state index in [0.717, 1.165) is 12.8 Å². The molecule has 4 heterocycles. The third kappa shape index (κ3) is 4.49. The highest BCUT2D eigenvalue weighted by Gasteiger charge is 2.34. The number of benzene rings is 1. The highest BCUT2D eigenvalue weighted by Crippen LogP contribution is 2.32. The first-order valence-electron chi connectivity index (χ1n) is 12.2. The molecule has 12 nitrogen and oxygen atoms in total. The Morgan fingerprint density at radius 2 is 1.92 bits per heavy atom. The second kappa shape index (κ2) is 9.44. The maximum absolute atomic E-state index is 15.8. The Hall–Kier alpha value is -4.04. The summed E-state index contributed by atoms with van der Waals surface area (Å²) in [5, 5.41) is 39.8. The Kier molecular flexibility index (Phi) is 5.96. The Bertz CT molecular complexity index is 1420. The van der Waals surface area contributed by atoms with E-state index in [4.69, 9.17) is 4.74 Å². The number of imidazole rings is 1. The van der Waals surface area contributed by atoms with Crippen LogP contribution in [0.1, 0.15) is 24.1 Å². The molecule has 3 aliphatic rings. The average molecular weight is 505 g/mol. The molecule has 37 heavy (non-hydrogen) atoms. The van der Waals surface area contributed by atoms with Gasteiger partial charge in [0.15, 0.2) is 23.0 Å². The number of hydrogen-bond donors (Lipinski definition) is 3. The molecule has 3 fully saturated rings. The zero-order valence-corrected chi connectivity index (χ0v) is 19.9. The number of hydrogen-bond acceptors (Lipinski definition) is 11. The van der Waals surface area contributed by atoms with Gasteiger partial charge < -0.3 is 25.4 Å². The molecule has 3 N–H and O–H groups in total. The summed E-state index contributed by atoms with van der Waals surface area (Å²) in [6.45, 7) is 3.16. The van der Waals surface area contributed by atoms with Crippen LogP contribution in [0.25, 0.3) is 5.65 Å². The van der Waals surface area contributed by atoms with Crippen molar-refractivity contribution in [1.29, 1.82) is 10.5 Å². The normalized spacial score (nSPS) is 22.1. The van der Waals surface area contributed by atoms with Gasteiger partial charge in [0, 0.05) is 32.2 Å². The van der Waals surface area contributed by atoms with Crippen LogP contribution in [0.5, 0.6) is 0 Å². The van der Waals surface area contributed by atoms with Gasteiger partial charge in [0.1, 0.15) is 6.07 Å². The molecule has 2 atom stereocenters. The van der Waals surface area contributed by atoms with Crippen LogP contribution in [0.3, 0.4) is 0 Å². The van der Waals surface area contributed by atoms with Crippen molar-refractivity contribution in [2.24, 2.45) is 0 Å². The first kappa shape index (κ1) is 23.4. The number of aliphatic hydroxyl groups excluding tert-OH is 1. The molecule has 2 aliphatic heterocycles. The highest BCUT2D eigenvalue weighted by atomic mass is 19.1. The molecule has 0 bridgehead atoms. The van der Waals surface area contributed by atoms with Crippen molar-refractivity contribution in [3.63, 3.8) is 0 Å². The van der Waals surface area contributed by atoms with E-state index in [2.05, 4.69) is 36.7 Å². The van der Waals surface area contributed by atoms with Crippen LogP contribution in [0, 0.1) is 28.5 Å². The van der Waals surface area contributed by atoms with Gasteiger partial charge in [-0.05, 0) is 25.0 Å². The second-order valence-electron chi connectivity index (χ2n) is 9.48. The van der Waals surface area contributed by atoms with E-state index in [9.17, 15) is 15.6 Å². The molecule has 190 valence electrons. The zero-order valence-electron chi connectivity index (χ0n) is 19.9. The Morgan fingerprint density at radius 1 is 1.11 bits per heavy atom. The second-order valence-corrected chi connectivity index (χ2v) is 9.48. The summed E-state index contributed by atoms with van der Waals surface area (Å²) < 4.78 is 22.6. The maximum atomic E-state index is 15.8. The molecule has 3 aromatic rings. The number of aromatic nitrogens is 4. The fraction of sp³-hybridized carbons (Fsp3) is 0.458. The van der Waals surface area contributed by atoms with Gasteiger partial charge in [-0.2, -0.15) is 20.0 Å². The number of nitrogens with zero attached hydrogens (tertiary/aromatic N) is 8. The largest absolute Gasteiger partial charge is 0.389 e. The predicted molar refractivity (Wildman–Crippen MR) is 131 cm³/mol. The lowest BCUT2D eigenvalue weighted by Gasteiger charge is -2.39. The van der Waals surface area contributed by atoms with Crippen molar-refractivity contribution < 1.29 is 14.2 Å². The number of piperazine rings is 1. The van der Waals surface area contributed by atoms with E-state index < -0.39 is 11.9 Å². The van der Waals surface area contributed by atoms with Crippen molar-refractivity contribution in [2.75, 3.05) is 54.9 Å². The van der Waals surface area contributed by atoms with E-state index in [1.54, 1.807) is 0 Å². The third-order valence-electron chi connectivity index (χ3n) is 6.97. The van der Waals surface area contributed by atoms with Gasteiger partial charge in [0.2, 0.25) is 5.95 Å².